The van der Waals surface area contributed by atoms with Gasteiger partial charge >= 0.3 is 0 Å². The van der Waals surface area contributed by atoms with E-state index in [4.69, 9.17) is 5.73 Å². The number of nitrogens with one attached hydrogen (secondary N) is 2. The highest BCUT2D eigenvalue weighted by Crippen LogP contribution is 2.39. The van der Waals surface area contributed by atoms with Crippen LogP contribution in [0.5, 0.6) is 0 Å². The third-order valence-corrected chi connectivity index (χ3v) is 6.70. The molecule has 0 unspecified atom stereocenters. The minimum Gasteiger partial charge on any atom is -0.396 e. The first-order valence-corrected chi connectivity index (χ1v) is 9.95. The molecule has 0 radical (unpaired) electrons. The highest BCUT2D eigenvalue weighted by Gasteiger charge is 2.29. The minimum absolute atomic E-state index is 0.130. The number of sulfone groups is 1. The number of anilines is 3. The van der Waals surface area contributed by atoms with E-state index in [9.17, 15) is 8.42 Å². The van der Waals surface area contributed by atoms with E-state index in [1.807, 2.05) is 30.5 Å². The van der Waals surface area contributed by atoms with Crippen LogP contribution in [-0.4, -0.2) is 24.1 Å². The highest BCUT2D eigenvalue weighted by molar-refractivity contribution is 7.91. The van der Waals surface area contributed by atoms with E-state index >= 15 is 0 Å². The second-order valence-corrected chi connectivity index (χ2v) is 8.58. The molecule has 130 valence electrons. The number of H-pyrrole nitrogens is 1. The van der Waals surface area contributed by atoms with Crippen molar-refractivity contribution in [2.75, 3.05) is 16.8 Å². The van der Waals surface area contributed by atoms with Gasteiger partial charge in [0.25, 0.3) is 0 Å². The second-order valence-electron chi connectivity index (χ2n) is 6.50. The molecule has 0 atom stereocenters. The summed E-state index contributed by atoms with van der Waals surface area (Å²) in [6.45, 7) is 0. The Morgan fingerprint density at radius 1 is 1.15 bits per heavy atom. The molecule has 2 aromatic heterocycles. The lowest BCUT2D eigenvalue weighted by atomic mass is 10.0. The molecule has 5 rings (SSSR count). The Morgan fingerprint density at radius 2 is 2.04 bits per heavy atom. The van der Waals surface area contributed by atoms with Gasteiger partial charge in [-0.3, -0.25) is 4.98 Å². The van der Waals surface area contributed by atoms with Crippen molar-refractivity contribution in [3.05, 3.63) is 54.4 Å². The van der Waals surface area contributed by atoms with Crippen molar-refractivity contribution in [3.8, 4) is 0 Å². The molecule has 6 nitrogen and oxygen atoms in total. The third kappa shape index (κ3) is 2.17. The number of rotatable bonds is 2. The summed E-state index contributed by atoms with van der Waals surface area (Å²) in [4.78, 5) is 7.94. The summed E-state index contributed by atoms with van der Waals surface area (Å²) >= 11 is 0. The van der Waals surface area contributed by atoms with Crippen LogP contribution in [0, 0.1) is 0 Å². The largest absolute Gasteiger partial charge is 0.396 e. The monoisotopic (exact) mass is 364 g/mol. The van der Waals surface area contributed by atoms with Gasteiger partial charge in [0.1, 0.15) is 0 Å². The molecule has 0 aliphatic carbocycles. The average Bonchev–Trinajstić information content (AvgIpc) is 3.21. The third-order valence-electron chi connectivity index (χ3n) is 4.91. The Morgan fingerprint density at radius 3 is 2.92 bits per heavy atom. The summed E-state index contributed by atoms with van der Waals surface area (Å²) in [5, 5.41) is 5.25. The zero-order chi connectivity index (χ0) is 17.9. The van der Waals surface area contributed by atoms with Gasteiger partial charge in [-0.25, -0.2) is 8.42 Å². The molecule has 3 heterocycles. The van der Waals surface area contributed by atoms with E-state index in [-0.39, 0.29) is 5.75 Å². The van der Waals surface area contributed by atoms with Gasteiger partial charge in [0, 0.05) is 28.2 Å². The van der Waals surface area contributed by atoms with E-state index in [1.165, 1.54) is 0 Å². The number of fused-ring (bicyclic) bond motifs is 4. The molecule has 4 aromatic rings. The molecule has 1 aliphatic rings. The quantitative estimate of drug-likeness (QED) is 0.506. The maximum atomic E-state index is 12.3. The molecule has 0 saturated heterocycles. The highest BCUT2D eigenvalue weighted by atomic mass is 32.2. The van der Waals surface area contributed by atoms with Gasteiger partial charge in [0.15, 0.2) is 9.84 Å². The lowest BCUT2D eigenvalue weighted by Gasteiger charge is -2.15. The molecular formula is C19H16N4O2S. The van der Waals surface area contributed by atoms with Crippen LogP contribution in [-0.2, 0) is 16.3 Å². The van der Waals surface area contributed by atoms with Gasteiger partial charge in [-0.05, 0) is 48.4 Å². The van der Waals surface area contributed by atoms with Crippen molar-refractivity contribution in [1.29, 1.82) is 0 Å². The number of hydrogen-bond donors (Lipinski definition) is 3. The number of aromatic nitrogens is 2. The molecule has 0 spiro atoms. The minimum atomic E-state index is -3.22. The summed E-state index contributed by atoms with van der Waals surface area (Å²) in [5.74, 6) is 0.130. The Bertz CT molecular complexity index is 1290. The van der Waals surface area contributed by atoms with E-state index in [1.54, 1.807) is 18.3 Å². The summed E-state index contributed by atoms with van der Waals surface area (Å²) in [6, 6.07) is 11.4. The summed E-state index contributed by atoms with van der Waals surface area (Å²) in [7, 11) is -3.22. The topological polar surface area (TPSA) is 101 Å². The summed E-state index contributed by atoms with van der Waals surface area (Å²) in [5.41, 5.74) is 10.9. The number of nitrogen functional groups attached to an aromatic ring is 1. The lowest BCUT2D eigenvalue weighted by Crippen LogP contribution is -2.01. The van der Waals surface area contributed by atoms with Crippen molar-refractivity contribution in [3.63, 3.8) is 0 Å². The Labute approximate surface area is 150 Å². The fourth-order valence-electron chi connectivity index (χ4n) is 3.65. The van der Waals surface area contributed by atoms with E-state index in [0.29, 0.717) is 22.7 Å². The Hall–Kier alpha value is -3.06. The number of nitrogens with two attached hydrogens (primary N) is 1. The first kappa shape index (κ1) is 15.2. The van der Waals surface area contributed by atoms with Crippen LogP contribution >= 0.6 is 0 Å². The van der Waals surface area contributed by atoms with Crippen LogP contribution < -0.4 is 11.1 Å². The number of pyridine rings is 1. The lowest BCUT2D eigenvalue weighted by molar-refractivity contribution is 0.600. The van der Waals surface area contributed by atoms with Crippen LogP contribution in [0.25, 0.3) is 21.8 Å². The SMILES string of the molecule is Nc1cnc2ccc3c(c2c1Nc1ccc2[nH]ccc2c1)CCS3(=O)=O. The van der Waals surface area contributed by atoms with Crippen molar-refractivity contribution in [1.82, 2.24) is 9.97 Å². The average molecular weight is 364 g/mol. The van der Waals surface area contributed by atoms with Crippen molar-refractivity contribution >= 4 is 48.7 Å². The van der Waals surface area contributed by atoms with Crippen molar-refractivity contribution in [2.45, 2.75) is 11.3 Å². The molecule has 1 aliphatic heterocycles. The summed E-state index contributed by atoms with van der Waals surface area (Å²) < 4.78 is 24.6. The van der Waals surface area contributed by atoms with Crippen molar-refractivity contribution in [2.24, 2.45) is 0 Å². The van der Waals surface area contributed by atoms with E-state index in [0.717, 1.165) is 33.1 Å². The van der Waals surface area contributed by atoms with Crippen molar-refractivity contribution < 1.29 is 8.42 Å². The van der Waals surface area contributed by atoms with E-state index < -0.39 is 9.84 Å². The summed E-state index contributed by atoms with van der Waals surface area (Å²) in [6.07, 6.45) is 3.98. The fourth-order valence-corrected chi connectivity index (χ4v) is 5.19. The molecule has 0 bridgehead atoms. The first-order valence-electron chi connectivity index (χ1n) is 8.30. The van der Waals surface area contributed by atoms with Gasteiger partial charge < -0.3 is 16.0 Å². The van der Waals surface area contributed by atoms with Crippen LogP contribution in [0.2, 0.25) is 0 Å². The molecular weight excluding hydrogens is 348 g/mol. The standard InChI is InChI=1S/C19H16N4O2S/c20-14-10-22-16-3-4-17-13(6-8-26(17,24)25)18(16)19(14)23-12-1-2-15-11(9-12)5-7-21-15/h1-5,7,9-10,21H,6,8,20H2,(H,22,23). The predicted octanol–water partition coefficient (Wildman–Crippen LogP) is 3.37. The smallest absolute Gasteiger partial charge is 0.179 e. The number of benzene rings is 2. The Kier molecular flexibility index (Phi) is 3.05. The van der Waals surface area contributed by atoms with Gasteiger partial charge in [-0.2, -0.15) is 0 Å². The number of aryl methyl sites for hydroxylation is 1. The van der Waals surface area contributed by atoms with Gasteiger partial charge in [-0.1, -0.05) is 0 Å². The predicted molar refractivity (Wildman–Crippen MR) is 103 cm³/mol. The number of aromatic amines is 1. The van der Waals surface area contributed by atoms with Crippen LogP contribution in [0.3, 0.4) is 0 Å². The van der Waals surface area contributed by atoms with Crippen LogP contribution in [0.15, 0.2) is 53.7 Å². The zero-order valence-electron chi connectivity index (χ0n) is 13.8. The van der Waals surface area contributed by atoms with Crippen LogP contribution in [0.1, 0.15) is 5.56 Å². The maximum Gasteiger partial charge on any atom is 0.179 e. The first-order chi connectivity index (χ1) is 12.5. The number of hydrogen-bond acceptors (Lipinski definition) is 5. The molecule has 0 amide bonds. The molecule has 0 fully saturated rings. The van der Waals surface area contributed by atoms with E-state index in [2.05, 4.69) is 15.3 Å². The number of nitrogens with zero attached hydrogens (tertiary/aromatic N) is 1. The van der Waals surface area contributed by atoms with Crippen LogP contribution in [0.4, 0.5) is 17.1 Å². The molecule has 0 saturated carbocycles. The normalized spacial score (nSPS) is 15.4. The van der Waals surface area contributed by atoms with Gasteiger partial charge in [0.2, 0.25) is 0 Å². The Balaban J connectivity index is 1.74. The van der Waals surface area contributed by atoms with Gasteiger partial charge in [-0.15, -0.1) is 0 Å². The molecule has 26 heavy (non-hydrogen) atoms. The molecule has 7 heteroatoms. The zero-order valence-corrected chi connectivity index (χ0v) is 14.6. The molecule has 4 N–H and O–H groups in total. The maximum absolute atomic E-state index is 12.3. The molecule has 2 aromatic carbocycles. The second kappa shape index (κ2) is 5.22. The fraction of sp³-hybridized carbons (Fsp3) is 0.105. The van der Waals surface area contributed by atoms with Gasteiger partial charge in [0.05, 0.1) is 33.7 Å².